The molecule has 8 heteroatoms. The molecule has 2 aromatic carbocycles. The molecule has 1 atom stereocenters. The Kier molecular flexibility index (Phi) is 5.64. The SMILES string of the molecule is O=C(NCC(c1ccccc1)c1ncn[nH]1)c1[nH]ccc1-c1c(Cl)cccc1Cl. The quantitative estimate of drug-likeness (QED) is 0.419. The maximum absolute atomic E-state index is 13.0. The van der Waals surface area contributed by atoms with Crippen LogP contribution in [-0.4, -0.2) is 32.6 Å². The number of aromatic amines is 2. The molecule has 3 N–H and O–H groups in total. The van der Waals surface area contributed by atoms with Gasteiger partial charge in [0.15, 0.2) is 0 Å². The third-order valence-corrected chi connectivity index (χ3v) is 5.27. The van der Waals surface area contributed by atoms with Gasteiger partial charge < -0.3 is 10.3 Å². The van der Waals surface area contributed by atoms with E-state index in [-0.39, 0.29) is 11.8 Å². The number of amides is 1. The Morgan fingerprint density at radius 2 is 1.79 bits per heavy atom. The van der Waals surface area contributed by atoms with Crippen LogP contribution in [0.3, 0.4) is 0 Å². The number of carbonyl (C=O) groups is 1. The zero-order chi connectivity index (χ0) is 20.2. The van der Waals surface area contributed by atoms with Gasteiger partial charge in [-0.05, 0) is 23.8 Å². The normalized spacial score (nSPS) is 11.9. The van der Waals surface area contributed by atoms with Crippen LogP contribution in [0.1, 0.15) is 27.8 Å². The maximum Gasteiger partial charge on any atom is 0.268 e. The molecular formula is C21H17Cl2N5O. The Bertz CT molecular complexity index is 1090. The Labute approximate surface area is 177 Å². The zero-order valence-corrected chi connectivity index (χ0v) is 16.7. The molecule has 29 heavy (non-hydrogen) atoms. The van der Waals surface area contributed by atoms with Crippen molar-refractivity contribution in [3.8, 4) is 11.1 Å². The lowest BCUT2D eigenvalue weighted by molar-refractivity contribution is 0.0948. The molecule has 4 rings (SSSR count). The largest absolute Gasteiger partial charge is 0.357 e. The summed E-state index contributed by atoms with van der Waals surface area (Å²) in [5.74, 6) is 0.253. The number of rotatable bonds is 6. The van der Waals surface area contributed by atoms with Crippen molar-refractivity contribution in [2.75, 3.05) is 6.54 Å². The van der Waals surface area contributed by atoms with E-state index in [4.69, 9.17) is 23.2 Å². The number of hydrogen-bond acceptors (Lipinski definition) is 3. The summed E-state index contributed by atoms with van der Waals surface area (Å²) in [6.07, 6.45) is 3.14. The Balaban J connectivity index is 1.58. The van der Waals surface area contributed by atoms with Crippen LogP contribution in [0.2, 0.25) is 10.0 Å². The third kappa shape index (κ3) is 4.04. The van der Waals surface area contributed by atoms with Crippen LogP contribution < -0.4 is 5.32 Å². The Hall–Kier alpha value is -3.09. The van der Waals surface area contributed by atoms with Gasteiger partial charge in [0.25, 0.3) is 5.91 Å². The molecule has 2 heterocycles. The van der Waals surface area contributed by atoms with Crippen LogP contribution in [0.25, 0.3) is 11.1 Å². The summed E-state index contributed by atoms with van der Waals surface area (Å²) in [6.45, 7) is 0.340. The van der Waals surface area contributed by atoms with E-state index in [0.29, 0.717) is 39.2 Å². The van der Waals surface area contributed by atoms with Crippen molar-refractivity contribution in [1.29, 1.82) is 0 Å². The van der Waals surface area contributed by atoms with Crippen molar-refractivity contribution in [1.82, 2.24) is 25.5 Å². The lowest BCUT2D eigenvalue weighted by Crippen LogP contribution is -2.30. The monoisotopic (exact) mass is 425 g/mol. The first kappa shape index (κ1) is 19.2. The van der Waals surface area contributed by atoms with Gasteiger partial charge in [-0.1, -0.05) is 59.6 Å². The van der Waals surface area contributed by atoms with Crippen LogP contribution >= 0.6 is 23.2 Å². The molecule has 6 nitrogen and oxygen atoms in total. The highest BCUT2D eigenvalue weighted by atomic mass is 35.5. The molecule has 2 aromatic heterocycles. The van der Waals surface area contributed by atoms with Gasteiger partial charge in [0, 0.05) is 33.9 Å². The summed E-state index contributed by atoms with van der Waals surface area (Å²) >= 11 is 12.6. The number of aromatic nitrogens is 4. The molecule has 1 amide bonds. The fourth-order valence-electron chi connectivity index (χ4n) is 3.24. The van der Waals surface area contributed by atoms with E-state index >= 15 is 0 Å². The average molecular weight is 426 g/mol. The number of hydrogen-bond donors (Lipinski definition) is 3. The first-order valence-electron chi connectivity index (χ1n) is 8.95. The second-order valence-corrected chi connectivity index (χ2v) is 7.22. The predicted molar refractivity (Wildman–Crippen MR) is 113 cm³/mol. The van der Waals surface area contributed by atoms with E-state index in [1.54, 1.807) is 30.5 Å². The standard InChI is InChI=1S/C21H17Cl2N5O/c22-16-7-4-8-17(23)18(16)14-9-10-24-19(14)21(29)25-11-15(20-26-12-27-28-20)13-5-2-1-3-6-13/h1-10,12,15,24H,11H2,(H,25,29)(H,26,27,28). The van der Waals surface area contributed by atoms with Gasteiger partial charge in [0.05, 0.1) is 5.92 Å². The van der Waals surface area contributed by atoms with E-state index in [0.717, 1.165) is 5.56 Å². The van der Waals surface area contributed by atoms with Gasteiger partial charge in [0.1, 0.15) is 17.8 Å². The maximum atomic E-state index is 13.0. The van der Waals surface area contributed by atoms with Crippen molar-refractivity contribution in [2.24, 2.45) is 0 Å². The number of H-pyrrole nitrogens is 2. The van der Waals surface area contributed by atoms with Gasteiger partial charge in [-0.25, -0.2) is 4.98 Å². The molecular weight excluding hydrogens is 409 g/mol. The summed E-state index contributed by atoms with van der Waals surface area (Å²) in [7, 11) is 0. The second-order valence-electron chi connectivity index (χ2n) is 6.41. The summed E-state index contributed by atoms with van der Waals surface area (Å²) in [5, 5.41) is 10.8. The minimum atomic E-state index is -0.263. The van der Waals surface area contributed by atoms with Crippen LogP contribution in [0.5, 0.6) is 0 Å². The minimum absolute atomic E-state index is 0.162. The molecule has 1 unspecified atom stereocenters. The van der Waals surface area contributed by atoms with Crippen LogP contribution in [0, 0.1) is 0 Å². The molecule has 146 valence electrons. The van der Waals surface area contributed by atoms with E-state index in [1.807, 2.05) is 30.3 Å². The third-order valence-electron chi connectivity index (χ3n) is 4.64. The smallest absolute Gasteiger partial charge is 0.268 e. The van der Waals surface area contributed by atoms with Crippen molar-refractivity contribution in [3.05, 3.63) is 94.2 Å². The number of nitrogens with zero attached hydrogens (tertiary/aromatic N) is 2. The van der Waals surface area contributed by atoms with E-state index in [1.165, 1.54) is 6.33 Å². The van der Waals surface area contributed by atoms with E-state index < -0.39 is 0 Å². The lowest BCUT2D eigenvalue weighted by atomic mass is 9.98. The first-order chi connectivity index (χ1) is 14.1. The van der Waals surface area contributed by atoms with Gasteiger partial charge >= 0.3 is 0 Å². The van der Waals surface area contributed by atoms with Crippen LogP contribution in [-0.2, 0) is 0 Å². The van der Waals surface area contributed by atoms with Gasteiger partial charge in [-0.2, -0.15) is 5.10 Å². The van der Waals surface area contributed by atoms with Gasteiger partial charge in [0.2, 0.25) is 0 Å². The summed E-state index contributed by atoms with van der Waals surface area (Å²) in [4.78, 5) is 20.2. The van der Waals surface area contributed by atoms with Gasteiger partial charge in [-0.3, -0.25) is 9.89 Å². The van der Waals surface area contributed by atoms with Crippen molar-refractivity contribution in [2.45, 2.75) is 5.92 Å². The predicted octanol–water partition coefficient (Wildman–Crippen LogP) is 4.67. The molecule has 0 aliphatic carbocycles. The second kappa shape index (κ2) is 8.51. The Morgan fingerprint density at radius 3 is 2.48 bits per heavy atom. The number of halogens is 2. The number of nitrogens with one attached hydrogen (secondary N) is 3. The van der Waals surface area contributed by atoms with Crippen molar-refractivity contribution >= 4 is 29.1 Å². The fraction of sp³-hybridized carbons (Fsp3) is 0.0952. The first-order valence-corrected chi connectivity index (χ1v) is 9.71. The highest BCUT2D eigenvalue weighted by molar-refractivity contribution is 6.39. The summed E-state index contributed by atoms with van der Waals surface area (Å²) in [5.41, 5.74) is 2.68. The fourth-order valence-corrected chi connectivity index (χ4v) is 3.85. The van der Waals surface area contributed by atoms with Crippen molar-refractivity contribution < 1.29 is 4.79 Å². The number of carbonyl (C=O) groups excluding carboxylic acids is 1. The number of benzene rings is 2. The molecule has 0 bridgehead atoms. The molecule has 0 saturated heterocycles. The van der Waals surface area contributed by atoms with Crippen molar-refractivity contribution in [3.63, 3.8) is 0 Å². The van der Waals surface area contributed by atoms with E-state index in [2.05, 4.69) is 25.5 Å². The summed E-state index contributed by atoms with van der Waals surface area (Å²) in [6, 6.07) is 16.9. The molecule has 0 spiro atoms. The summed E-state index contributed by atoms with van der Waals surface area (Å²) < 4.78 is 0. The molecule has 0 aliphatic heterocycles. The van der Waals surface area contributed by atoms with Crippen LogP contribution in [0.4, 0.5) is 0 Å². The topological polar surface area (TPSA) is 86.5 Å². The van der Waals surface area contributed by atoms with E-state index in [9.17, 15) is 4.79 Å². The molecule has 0 radical (unpaired) electrons. The molecule has 0 aliphatic rings. The highest BCUT2D eigenvalue weighted by Crippen LogP contribution is 2.36. The lowest BCUT2D eigenvalue weighted by Gasteiger charge is -2.16. The Morgan fingerprint density at radius 1 is 1.03 bits per heavy atom. The molecule has 4 aromatic rings. The zero-order valence-electron chi connectivity index (χ0n) is 15.2. The van der Waals surface area contributed by atoms with Gasteiger partial charge in [-0.15, -0.1) is 0 Å². The average Bonchev–Trinajstić information content (AvgIpc) is 3.41. The molecule has 0 fully saturated rings. The minimum Gasteiger partial charge on any atom is -0.357 e. The van der Waals surface area contributed by atoms with Crippen LogP contribution in [0.15, 0.2) is 67.1 Å². The highest BCUT2D eigenvalue weighted by Gasteiger charge is 2.22. The molecule has 0 saturated carbocycles.